The van der Waals surface area contributed by atoms with Gasteiger partial charge in [-0.1, -0.05) is 24.2 Å². The molecule has 1 saturated heterocycles. The second-order valence-electron chi connectivity index (χ2n) is 7.05. The van der Waals surface area contributed by atoms with Crippen LogP contribution in [0.4, 0.5) is 0 Å². The summed E-state index contributed by atoms with van der Waals surface area (Å²) in [5, 5.41) is 13.2. The Kier molecular flexibility index (Phi) is 5.48. The molecule has 2 atom stereocenters. The van der Waals surface area contributed by atoms with E-state index in [9.17, 15) is 14.7 Å². The van der Waals surface area contributed by atoms with Gasteiger partial charge >= 0.3 is 5.97 Å². The number of piperidine rings is 1. The highest BCUT2D eigenvalue weighted by atomic mass is 16.5. The summed E-state index contributed by atoms with van der Waals surface area (Å²) in [6, 6.07) is 7.11. The van der Waals surface area contributed by atoms with Crippen LogP contribution < -0.4 is 4.74 Å². The number of carboxylic acid groups (broad SMARTS) is 1. The van der Waals surface area contributed by atoms with Gasteiger partial charge in [-0.2, -0.15) is 0 Å². The first-order valence-corrected chi connectivity index (χ1v) is 9.04. The fraction of sp³-hybridized carbons (Fsp3) is 0.450. The first kappa shape index (κ1) is 18.9. The number of carboxylic acids is 1. The van der Waals surface area contributed by atoms with Crippen LogP contribution in [-0.4, -0.2) is 40.1 Å². The Morgan fingerprint density at radius 3 is 2.70 bits per heavy atom. The van der Waals surface area contributed by atoms with E-state index in [4.69, 9.17) is 9.26 Å². The minimum atomic E-state index is -0.794. The Morgan fingerprint density at radius 2 is 2.07 bits per heavy atom. The van der Waals surface area contributed by atoms with Crippen molar-refractivity contribution in [3.05, 3.63) is 46.8 Å². The molecule has 7 nitrogen and oxygen atoms in total. The number of aliphatic carboxylic acids is 1. The molecule has 1 N–H and O–H groups in total. The van der Waals surface area contributed by atoms with Crippen LogP contribution in [0.5, 0.6) is 5.75 Å². The molecule has 1 aliphatic heterocycles. The highest BCUT2D eigenvalue weighted by Crippen LogP contribution is 2.28. The van der Waals surface area contributed by atoms with Crippen molar-refractivity contribution in [3.63, 3.8) is 0 Å². The summed E-state index contributed by atoms with van der Waals surface area (Å²) in [4.78, 5) is 26.0. The topological polar surface area (TPSA) is 92.9 Å². The van der Waals surface area contributed by atoms with Crippen LogP contribution in [0, 0.1) is 25.7 Å². The summed E-state index contributed by atoms with van der Waals surface area (Å²) >= 11 is 0. The maximum absolute atomic E-state index is 13.0. The van der Waals surface area contributed by atoms with Crippen LogP contribution in [-0.2, 0) is 11.4 Å². The Balaban J connectivity index is 1.74. The van der Waals surface area contributed by atoms with E-state index in [1.165, 1.54) is 0 Å². The smallest absolute Gasteiger partial charge is 0.306 e. The number of nitrogens with zero attached hydrogens (tertiary/aromatic N) is 2. The number of amides is 1. The monoisotopic (exact) mass is 372 g/mol. The van der Waals surface area contributed by atoms with Gasteiger partial charge in [0.2, 0.25) is 0 Å². The lowest BCUT2D eigenvalue weighted by Crippen LogP contribution is -2.45. The van der Waals surface area contributed by atoms with Gasteiger partial charge in [-0.05, 0) is 38.3 Å². The van der Waals surface area contributed by atoms with Gasteiger partial charge in [-0.25, -0.2) is 0 Å². The summed E-state index contributed by atoms with van der Waals surface area (Å²) in [6.45, 7) is 6.66. The molecule has 2 unspecified atom stereocenters. The number of carbonyl (C=O) groups excluding carboxylic acids is 1. The molecule has 0 radical (unpaired) electrons. The Bertz CT molecular complexity index is 825. The van der Waals surface area contributed by atoms with Crippen molar-refractivity contribution in [3.8, 4) is 5.75 Å². The molecule has 2 heterocycles. The number of para-hydroxylation sites is 1. The van der Waals surface area contributed by atoms with Crippen LogP contribution in [0.15, 0.2) is 28.8 Å². The first-order valence-electron chi connectivity index (χ1n) is 9.04. The van der Waals surface area contributed by atoms with E-state index in [0.717, 1.165) is 11.3 Å². The third-order valence-corrected chi connectivity index (χ3v) is 5.18. The molecule has 0 bridgehead atoms. The van der Waals surface area contributed by atoms with Crippen molar-refractivity contribution in [2.45, 2.75) is 33.8 Å². The zero-order valence-corrected chi connectivity index (χ0v) is 15.8. The maximum Gasteiger partial charge on any atom is 0.306 e. The second kappa shape index (κ2) is 7.82. The van der Waals surface area contributed by atoms with Crippen LogP contribution >= 0.6 is 0 Å². The molecule has 144 valence electrons. The molecule has 0 aliphatic carbocycles. The SMILES string of the molecule is Cc1noc(C)c1COc1ccccc1C(=O)N1CCC(C(=O)O)C(C)C1. The summed E-state index contributed by atoms with van der Waals surface area (Å²) in [7, 11) is 0. The average molecular weight is 372 g/mol. The maximum atomic E-state index is 13.0. The number of carbonyl (C=O) groups is 2. The normalized spacial score (nSPS) is 19.7. The van der Waals surface area contributed by atoms with Gasteiger partial charge in [-0.3, -0.25) is 9.59 Å². The van der Waals surface area contributed by atoms with E-state index < -0.39 is 11.9 Å². The number of aromatic nitrogens is 1. The fourth-order valence-corrected chi connectivity index (χ4v) is 3.49. The highest BCUT2D eigenvalue weighted by molar-refractivity contribution is 5.97. The number of hydrogen-bond donors (Lipinski definition) is 1. The predicted octanol–water partition coefficient (Wildman–Crippen LogP) is 3.05. The summed E-state index contributed by atoms with van der Waals surface area (Å²) in [6.07, 6.45) is 0.463. The van der Waals surface area contributed by atoms with Crippen molar-refractivity contribution in [1.29, 1.82) is 0 Å². The number of aryl methyl sites for hydroxylation is 2. The van der Waals surface area contributed by atoms with Gasteiger partial charge < -0.3 is 19.3 Å². The van der Waals surface area contributed by atoms with Crippen molar-refractivity contribution in [1.82, 2.24) is 10.1 Å². The van der Waals surface area contributed by atoms with E-state index in [0.29, 0.717) is 36.6 Å². The second-order valence-corrected chi connectivity index (χ2v) is 7.05. The minimum absolute atomic E-state index is 0.0874. The molecule has 1 aromatic heterocycles. The number of likely N-dealkylation sites (tertiary alicyclic amines) is 1. The Morgan fingerprint density at radius 1 is 1.33 bits per heavy atom. The lowest BCUT2D eigenvalue weighted by Gasteiger charge is -2.35. The molecule has 1 amide bonds. The van der Waals surface area contributed by atoms with E-state index in [2.05, 4.69) is 5.16 Å². The molecule has 7 heteroatoms. The molecule has 3 rings (SSSR count). The van der Waals surface area contributed by atoms with E-state index in [1.807, 2.05) is 26.8 Å². The molecule has 1 aliphatic rings. The van der Waals surface area contributed by atoms with Crippen LogP contribution in [0.25, 0.3) is 0 Å². The van der Waals surface area contributed by atoms with Gasteiger partial charge in [0, 0.05) is 13.1 Å². The molecular weight excluding hydrogens is 348 g/mol. The molecule has 2 aromatic rings. The third kappa shape index (κ3) is 3.97. The Hall–Kier alpha value is -2.83. The van der Waals surface area contributed by atoms with Gasteiger partial charge in [0.1, 0.15) is 18.1 Å². The predicted molar refractivity (Wildman–Crippen MR) is 97.6 cm³/mol. The number of benzene rings is 1. The van der Waals surface area contributed by atoms with Gasteiger partial charge in [0.05, 0.1) is 22.7 Å². The molecule has 0 saturated carbocycles. The van der Waals surface area contributed by atoms with Gasteiger partial charge in [-0.15, -0.1) is 0 Å². The van der Waals surface area contributed by atoms with E-state index in [1.54, 1.807) is 23.1 Å². The average Bonchev–Trinajstić information content (AvgIpc) is 2.97. The standard InChI is InChI=1S/C20H24N2O5/c1-12-10-22(9-8-15(12)20(24)25)19(23)16-6-4-5-7-18(16)26-11-17-13(2)21-27-14(17)3/h4-7,12,15H,8-11H2,1-3H3,(H,24,25). The van der Waals surface area contributed by atoms with E-state index >= 15 is 0 Å². The molecular formula is C20H24N2O5. The van der Waals surface area contributed by atoms with E-state index in [-0.39, 0.29) is 18.4 Å². The number of rotatable bonds is 5. The molecule has 1 fully saturated rings. The van der Waals surface area contributed by atoms with Crippen molar-refractivity contribution < 1.29 is 24.0 Å². The zero-order valence-electron chi connectivity index (χ0n) is 15.8. The molecule has 27 heavy (non-hydrogen) atoms. The van der Waals surface area contributed by atoms with Crippen molar-refractivity contribution in [2.75, 3.05) is 13.1 Å². The highest BCUT2D eigenvalue weighted by Gasteiger charge is 2.34. The van der Waals surface area contributed by atoms with Gasteiger partial charge in [0.15, 0.2) is 0 Å². The minimum Gasteiger partial charge on any atom is -0.488 e. The lowest BCUT2D eigenvalue weighted by atomic mass is 9.87. The van der Waals surface area contributed by atoms with Gasteiger partial charge in [0.25, 0.3) is 5.91 Å². The van der Waals surface area contributed by atoms with Crippen LogP contribution in [0.1, 0.15) is 40.7 Å². The summed E-state index contributed by atoms with van der Waals surface area (Å²) in [5.74, 6) is -0.232. The zero-order chi connectivity index (χ0) is 19.6. The Labute approximate surface area is 157 Å². The largest absolute Gasteiger partial charge is 0.488 e. The lowest BCUT2D eigenvalue weighted by molar-refractivity contribution is -0.145. The van der Waals surface area contributed by atoms with Crippen molar-refractivity contribution in [2.24, 2.45) is 11.8 Å². The quantitative estimate of drug-likeness (QED) is 0.867. The molecule has 0 spiro atoms. The van der Waals surface area contributed by atoms with Crippen LogP contribution in [0.2, 0.25) is 0 Å². The first-order chi connectivity index (χ1) is 12.9. The number of ether oxygens (including phenoxy) is 1. The van der Waals surface area contributed by atoms with Crippen molar-refractivity contribution >= 4 is 11.9 Å². The third-order valence-electron chi connectivity index (χ3n) is 5.18. The molecule has 1 aromatic carbocycles. The number of hydrogen-bond acceptors (Lipinski definition) is 5. The van der Waals surface area contributed by atoms with Crippen LogP contribution in [0.3, 0.4) is 0 Å². The summed E-state index contributed by atoms with van der Waals surface area (Å²) < 4.78 is 11.0. The summed E-state index contributed by atoms with van der Waals surface area (Å²) in [5.41, 5.74) is 2.11. The fourth-order valence-electron chi connectivity index (χ4n) is 3.49.